The summed E-state index contributed by atoms with van der Waals surface area (Å²) >= 11 is 0. The number of rotatable bonds is 4. The van der Waals surface area contributed by atoms with Gasteiger partial charge in [0.1, 0.15) is 11.6 Å². The Morgan fingerprint density at radius 2 is 0.864 bits per heavy atom. The van der Waals surface area contributed by atoms with Gasteiger partial charge in [-0.05, 0) is 106 Å². The zero-order valence-electron chi connectivity index (χ0n) is 33.6. The Labute approximate surface area is 346 Å². The minimum absolute atomic E-state index is 0.0354. The van der Waals surface area contributed by atoms with Gasteiger partial charge in [-0.3, -0.25) is 4.90 Å². The van der Waals surface area contributed by atoms with Crippen molar-refractivity contribution in [3.8, 4) is 0 Å². The predicted molar refractivity (Wildman–Crippen MR) is 245 cm³/mol. The summed E-state index contributed by atoms with van der Waals surface area (Å²) in [6.45, 7) is 8.36. The van der Waals surface area contributed by atoms with Crippen molar-refractivity contribution in [1.29, 1.82) is 0 Å². The van der Waals surface area contributed by atoms with Crippen molar-refractivity contribution < 1.29 is 4.79 Å². The van der Waals surface area contributed by atoms with Crippen LogP contribution in [-0.4, -0.2) is 19.5 Å². The molecule has 1 fully saturated rings. The smallest absolute Gasteiger partial charge is 0.284 e. The quantitative estimate of drug-likeness (QED) is 0.168. The summed E-state index contributed by atoms with van der Waals surface area (Å²) in [6, 6.07) is 55.7. The largest absolute Gasteiger partial charge is 0.340 e. The maximum Gasteiger partial charge on any atom is 0.340 e. The van der Waals surface area contributed by atoms with Gasteiger partial charge in [0.2, 0.25) is 13.4 Å². The number of aryl methyl sites for hydroxylation is 4. The third kappa shape index (κ3) is 4.77. The maximum absolute atomic E-state index is 15.9. The summed E-state index contributed by atoms with van der Waals surface area (Å²) in [5, 5.41) is 0. The summed E-state index contributed by atoms with van der Waals surface area (Å²) in [4.78, 5) is 22.4. The monoisotopic (exact) mass is 757 g/mol. The number of carbonyl (C=O) groups is 1. The maximum atomic E-state index is 15.9. The predicted octanol–water partition coefficient (Wildman–Crippen LogP) is 8.87. The molecule has 12 rings (SSSR count). The molecular weight excluding hydrogens is 716 g/mol. The van der Waals surface area contributed by atoms with E-state index in [2.05, 4.69) is 196 Å². The first-order valence-electron chi connectivity index (χ1n) is 20.9. The average molecular weight is 758 g/mol. The van der Waals surface area contributed by atoms with Crippen LogP contribution in [0.25, 0.3) is 0 Å². The number of anilines is 3. The molecular formula is C53H41B2N3O. The molecule has 5 aliphatic heterocycles. The molecule has 4 nitrogen and oxygen atoms in total. The molecule has 5 heterocycles. The molecule has 2 unspecified atom stereocenters. The molecule has 0 radical (unpaired) electrons. The Morgan fingerprint density at radius 3 is 1.32 bits per heavy atom. The van der Waals surface area contributed by atoms with Gasteiger partial charge in [0.05, 0.1) is 11.4 Å². The van der Waals surface area contributed by atoms with E-state index in [1.807, 2.05) is 9.80 Å². The second-order valence-corrected chi connectivity index (χ2v) is 17.0. The van der Waals surface area contributed by atoms with Crippen LogP contribution in [0.1, 0.15) is 67.5 Å². The van der Waals surface area contributed by atoms with E-state index in [0.717, 1.165) is 45.3 Å². The minimum Gasteiger partial charge on any atom is -0.284 e. The molecule has 0 N–H and O–H groups in total. The highest BCUT2D eigenvalue weighted by atomic mass is 16.2. The van der Waals surface area contributed by atoms with E-state index in [-0.39, 0.29) is 31.3 Å². The lowest BCUT2D eigenvalue weighted by Gasteiger charge is -2.54. The molecule has 280 valence electrons. The highest BCUT2D eigenvalue weighted by Gasteiger charge is 2.54. The third-order valence-corrected chi connectivity index (χ3v) is 13.6. The number of hydrogen-bond acceptors (Lipinski definition) is 2. The van der Waals surface area contributed by atoms with E-state index >= 15 is 4.79 Å². The molecule has 6 heteroatoms. The van der Waals surface area contributed by atoms with E-state index in [4.69, 9.17) is 0 Å². The van der Waals surface area contributed by atoms with Crippen LogP contribution in [0.5, 0.6) is 0 Å². The van der Waals surface area contributed by atoms with Crippen LogP contribution in [0.4, 0.5) is 21.9 Å². The van der Waals surface area contributed by atoms with Crippen molar-refractivity contribution >= 4 is 58.4 Å². The molecule has 59 heavy (non-hydrogen) atoms. The van der Waals surface area contributed by atoms with Gasteiger partial charge in [0.15, 0.2) is 0 Å². The lowest BCUT2D eigenvalue weighted by atomic mass is 9.29. The first-order valence-corrected chi connectivity index (χ1v) is 20.9. The Hall–Kier alpha value is -6.78. The lowest BCUT2D eigenvalue weighted by Crippen LogP contribution is -2.68. The number of hydrogen-bond donors (Lipinski definition) is 0. The number of fused-ring (bicyclic) bond motifs is 4. The molecule has 0 spiro atoms. The van der Waals surface area contributed by atoms with Crippen LogP contribution < -0.4 is 36.6 Å². The summed E-state index contributed by atoms with van der Waals surface area (Å²) < 4.78 is 0. The Balaban J connectivity index is 1.25. The van der Waals surface area contributed by atoms with Gasteiger partial charge < -0.3 is 0 Å². The number of amides is 2. The molecule has 2 atom stereocenters. The highest BCUT2D eigenvalue weighted by Crippen LogP contribution is 2.49. The molecule has 0 bridgehead atoms. The van der Waals surface area contributed by atoms with E-state index in [1.165, 1.54) is 60.9 Å². The molecule has 7 aromatic rings. The van der Waals surface area contributed by atoms with Crippen molar-refractivity contribution in [2.75, 3.05) is 14.7 Å². The standard InChI is InChI=1S/C53H41B2N3O/c1-32-23-25-34(3)44(27-32)56-46-30-54-42-21-13-11-19-38(42)48(36-15-7-5-8-16-36)40-29-41-49(37-17-9-6-10-18-37)39-20-12-14-22-43(39)55-31-47(58(46)52(50(40)54)51(41)55)57(53(56)59)45-28-33(2)24-26-35(45)4/h5-31,48-49H,1-4H3. The fourth-order valence-electron chi connectivity index (χ4n) is 11.0. The normalized spacial score (nSPS) is 17.9. The summed E-state index contributed by atoms with van der Waals surface area (Å²) in [5.74, 6) is 6.67. The number of carbonyl (C=O) groups excluding carboxylic acids is 1. The molecule has 5 aliphatic rings. The van der Waals surface area contributed by atoms with E-state index < -0.39 is 0 Å². The van der Waals surface area contributed by atoms with Crippen LogP contribution >= 0.6 is 0 Å². The van der Waals surface area contributed by atoms with Gasteiger partial charge in [-0.2, -0.15) is 0 Å². The van der Waals surface area contributed by atoms with Crippen LogP contribution in [0.2, 0.25) is 0 Å². The van der Waals surface area contributed by atoms with Crippen molar-refractivity contribution in [1.82, 2.24) is 0 Å². The molecule has 0 aliphatic carbocycles. The second-order valence-electron chi connectivity index (χ2n) is 17.0. The minimum atomic E-state index is -0.0676. The van der Waals surface area contributed by atoms with Gasteiger partial charge in [0.25, 0.3) is 0 Å². The van der Waals surface area contributed by atoms with Crippen LogP contribution in [0.3, 0.4) is 0 Å². The van der Waals surface area contributed by atoms with Crippen molar-refractivity contribution in [2.45, 2.75) is 39.5 Å². The highest BCUT2D eigenvalue weighted by molar-refractivity contribution is 6.96. The zero-order chi connectivity index (χ0) is 39.7. The van der Waals surface area contributed by atoms with Crippen LogP contribution in [0.15, 0.2) is 175 Å². The van der Waals surface area contributed by atoms with Crippen LogP contribution in [0, 0.1) is 27.7 Å². The van der Waals surface area contributed by atoms with E-state index in [0.29, 0.717) is 0 Å². The second kappa shape index (κ2) is 12.6. The zero-order valence-corrected chi connectivity index (χ0v) is 33.6. The van der Waals surface area contributed by atoms with Crippen molar-refractivity contribution in [2.24, 2.45) is 0 Å². The molecule has 7 aromatic carbocycles. The van der Waals surface area contributed by atoms with Crippen molar-refractivity contribution in [3.63, 3.8) is 0 Å². The first-order chi connectivity index (χ1) is 28.9. The van der Waals surface area contributed by atoms with Crippen molar-refractivity contribution in [3.05, 3.63) is 231 Å². The Kier molecular flexibility index (Phi) is 7.33. The number of urea groups is 1. The fraction of sp³-hybridized carbons (Fsp3) is 0.113. The molecule has 1 saturated heterocycles. The number of nitrogens with zero attached hydrogens (tertiary/aromatic N) is 3. The SMILES string of the molecule is Cc1ccc(C)c(N2C(=O)N(c3cc(C)ccc3C)C3=CB4c5ccccc5C(c5ccccc5)c5cc6c7c(c54)N3C2=CB7c2ccccc2C6c2ccccc2)c1. The summed E-state index contributed by atoms with van der Waals surface area (Å²) in [7, 11) is 0. The number of benzene rings is 7. The first kappa shape index (κ1) is 34.3. The topological polar surface area (TPSA) is 26.8 Å². The van der Waals surface area contributed by atoms with Crippen LogP contribution in [-0.2, 0) is 0 Å². The summed E-state index contributed by atoms with van der Waals surface area (Å²) in [5.41, 5.74) is 20.6. The molecule has 2 amide bonds. The van der Waals surface area contributed by atoms with E-state index in [9.17, 15) is 0 Å². The van der Waals surface area contributed by atoms with Gasteiger partial charge >= 0.3 is 6.03 Å². The van der Waals surface area contributed by atoms with Gasteiger partial charge in [-0.25, -0.2) is 14.6 Å². The van der Waals surface area contributed by atoms with E-state index in [1.54, 1.807) is 0 Å². The Bertz CT molecular complexity index is 2810. The molecule has 0 saturated carbocycles. The van der Waals surface area contributed by atoms with Gasteiger partial charge in [0, 0.05) is 17.5 Å². The average Bonchev–Trinajstić information content (AvgIpc) is 3.26. The Morgan fingerprint density at radius 1 is 0.441 bits per heavy atom. The van der Waals surface area contributed by atoms with Gasteiger partial charge in [-0.15, -0.1) is 0 Å². The lowest BCUT2D eigenvalue weighted by molar-refractivity contribution is 0.252. The summed E-state index contributed by atoms with van der Waals surface area (Å²) in [6.07, 6.45) is 0. The third-order valence-electron chi connectivity index (χ3n) is 13.6. The van der Waals surface area contributed by atoms with Gasteiger partial charge in [-0.1, -0.05) is 162 Å². The fourth-order valence-corrected chi connectivity index (χ4v) is 11.0. The molecule has 0 aromatic heterocycles.